The van der Waals surface area contributed by atoms with Gasteiger partial charge in [0.15, 0.2) is 0 Å². The maximum atomic E-state index is 5.64. The summed E-state index contributed by atoms with van der Waals surface area (Å²) in [4.78, 5) is 2.46. The van der Waals surface area contributed by atoms with Crippen LogP contribution in [0.2, 0.25) is 0 Å². The number of hydrogen-bond donors (Lipinski definition) is 1. The lowest BCUT2D eigenvalue weighted by Gasteiger charge is -2.36. The maximum Gasteiger partial charge on any atom is 0.0130 e. The zero-order valence-electron chi connectivity index (χ0n) is 7.71. The van der Waals surface area contributed by atoms with Crippen molar-refractivity contribution in [1.29, 1.82) is 0 Å². The Kier molecular flexibility index (Phi) is 3.34. The van der Waals surface area contributed by atoms with E-state index in [0.717, 1.165) is 12.6 Å². The molecule has 0 amide bonds. The van der Waals surface area contributed by atoms with Crippen molar-refractivity contribution >= 4 is 0 Å². The predicted octanol–water partition coefficient (Wildman–Crippen LogP) is 1.07. The van der Waals surface area contributed by atoms with E-state index in [2.05, 4.69) is 18.9 Å². The summed E-state index contributed by atoms with van der Waals surface area (Å²) in [7, 11) is 2.22. The van der Waals surface area contributed by atoms with E-state index in [1.807, 2.05) is 0 Å². The van der Waals surface area contributed by atoms with E-state index in [4.69, 9.17) is 5.73 Å². The molecule has 1 saturated heterocycles. The highest BCUT2D eigenvalue weighted by Crippen LogP contribution is 2.20. The van der Waals surface area contributed by atoms with Crippen molar-refractivity contribution in [2.45, 2.75) is 32.2 Å². The number of nitrogens with zero attached hydrogens (tertiary/aromatic N) is 1. The molecular formula is C9H20N2. The Morgan fingerprint density at radius 2 is 2.27 bits per heavy atom. The van der Waals surface area contributed by atoms with E-state index in [1.165, 1.54) is 25.8 Å². The molecule has 2 heteroatoms. The number of piperidine rings is 1. The Bertz CT molecular complexity index is 110. The average Bonchev–Trinajstić information content (AvgIpc) is 2.04. The average molecular weight is 156 g/mol. The summed E-state index contributed by atoms with van der Waals surface area (Å²) < 4.78 is 0. The Hall–Kier alpha value is -0.0800. The van der Waals surface area contributed by atoms with Crippen LogP contribution in [0.15, 0.2) is 0 Å². The molecule has 1 fully saturated rings. The van der Waals surface area contributed by atoms with Gasteiger partial charge < -0.3 is 10.6 Å². The van der Waals surface area contributed by atoms with Gasteiger partial charge in [0.25, 0.3) is 0 Å². The van der Waals surface area contributed by atoms with Crippen LogP contribution in [-0.4, -0.2) is 31.1 Å². The molecule has 1 aliphatic heterocycles. The molecule has 0 aromatic rings. The standard InChI is InChI=1S/C9H20N2/c1-8(7-10)9-5-3-4-6-11(9)2/h8-9H,3-7,10H2,1-2H3. The molecule has 66 valence electrons. The second-order valence-corrected chi connectivity index (χ2v) is 3.76. The van der Waals surface area contributed by atoms with Crippen molar-refractivity contribution in [2.75, 3.05) is 20.1 Å². The van der Waals surface area contributed by atoms with Gasteiger partial charge in [-0.15, -0.1) is 0 Å². The molecule has 0 bridgehead atoms. The summed E-state index contributed by atoms with van der Waals surface area (Å²) in [6.07, 6.45) is 4.10. The Morgan fingerprint density at radius 3 is 2.82 bits per heavy atom. The van der Waals surface area contributed by atoms with Gasteiger partial charge in [-0.1, -0.05) is 13.3 Å². The predicted molar refractivity (Wildman–Crippen MR) is 48.5 cm³/mol. The van der Waals surface area contributed by atoms with E-state index >= 15 is 0 Å². The molecule has 2 nitrogen and oxygen atoms in total. The molecule has 0 spiro atoms. The van der Waals surface area contributed by atoms with E-state index in [1.54, 1.807) is 0 Å². The summed E-state index contributed by atoms with van der Waals surface area (Å²) in [6, 6.07) is 0.744. The van der Waals surface area contributed by atoms with Crippen LogP contribution in [0.1, 0.15) is 26.2 Å². The number of hydrogen-bond acceptors (Lipinski definition) is 2. The first-order chi connectivity index (χ1) is 5.25. The first kappa shape index (κ1) is 9.01. The van der Waals surface area contributed by atoms with E-state index in [0.29, 0.717) is 5.92 Å². The van der Waals surface area contributed by atoms with E-state index in [-0.39, 0.29) is 0 Å². The largest absolute Gasteiger partial charge is 0.330 e. The normalized spacial score (nSPS) is 30.3. The minimum absolute atomic E-state index is 0.667. The topological polar surface area (TPSA) is 29.3 Å². The van der Waals surface area contributed by atoms with Crippen LogP contribution in [0.4, 0.5) is 0 Å². The fraction of sp³-hybridized carbons (Fsp3) is 1.00. The molecule has 1 rings (SSSR count). The zero-order chi connectivity index (χ0) is 8.27. The Morgan fingerprint density at radius 1 is 1.55 bits per heavy atom. The van der Waals surface area contributed by atoms with Gasteiger partial charge in [-0.25, -0.2) is 0 Å². The van der Waals surface area contributed by atoms with Gasteiger partial charge in [0.05, 0.1) is 0 Å². The second-order valence-electron chi connectivity index (χ2n) is 3.76. The van der Waals surface area contributed by atoms with Crippen molar-refractivity contribution in [2.24, 2.45) is 11.7 Å². The van der Waals surface area contributed by atoms with Gasteiger partial charge in [0, 0.05) is 6.04 Å². The van der Waals surface area contributed by atoms with E-state index in [9.17, 15) is 0 Å². The molecule has 0 radical (unpaired) electrons. The minimum atomic E-state index is 0.667. The molecule has 11 heavy (non-hydrogen) atoms. The van der Waals surface area contributed by atoms with Gasteiger partial charge in [-0.2, -0.15) is 0 Å². The van der Waals surface area contributed by atoms with Crippen LogP contribution >= 0.6 is 0 Å². The fourth-order valence-electron chi connectivity index (χ4n) is 1.98. The van der Waals surface area contributed by atoms with Crippen molar-refractivity contribution in [3.05, 3.63) is 0 Å². The maximum absolute atomic E-state index is 5.64. The summed E-state index contributed by atoms with van der Waals surface area (Å²) in [6.45, 7) is 4.34. The van der Waals surface area contributed by atoms with Crippen LogP contribution in [0.3, 0.4) is 0 Å². The smallest absolute Gasteiger partial charge is 0.0130 e. The molecule has 1 heterocycles. The van der Waals surface area contributed by atoms with Crippen LogP contribution < -0.4 is 5.73 Å². The number of rotatable bonds is 2. The van der Waals surface area contributed by atoms with Gasteiger partial charge in [-0.3, -0.25) is 0 Å². The fourth-order valence-corrected chi connectivity index (χ4v) is 1.98. The molecule has 2 atom stereocenters. The molecule has 2 unspecified atom stereocenters. The third-order valence-electron chi connectivity index (χ3n) is 2.86. The van der Waals surface area contributed by atoms with Crippen LogP contribution in [-0.2, 0) is 0 Å². The first-order valence-electron chi connectivity index (χ1n) is 4.66. The highest BCUT2D eigenvalue weighted by molar-refractivity contribution is 4.79. The van der Waals surface area contributed by atoms with Crippen molar-refractivity contribution in [3.8, 4) is 0 Å². The Labute approximate surface area is 69.8 Å². The van der Waals surface area contributed by atoms with Gasteiger partial charge >= 0.3 is 0 Å². The van der Waals surface area contributed by atoms with Crippen LogP contribution in [0.5, 0.6) is 0 Å². The molecule has 0 aromatic heterocycles. The lowest BCUT2D eigenvalue weighted by atomic mass is 9.92. The highest BCUT2D eigenvalue weighted by atomic mass is 15.1. The number of likely N-dealkylation sites (tertiary alicyclic amines) is 1. The lowest BCUT2D eigenvalue weighted by molar-refractivity contribution is 0.139. The van der Waals surface area contributed by atoms with Crippen LogP contribution in [0.25, 0.3) is 0 Å². The Balaban J connectivity index is 2.40. The third kappa shape index (κ3) is 2.17. The quantitative estimate of drug-likeness (QED) is 0.648. The van der Waals surface area contributed by atoms with Crippen molar-refractivity contribution in [3.63, 3.8) is 0 Å². The summed E-state index contributed by atoms with van der Waals surface area (Å²) in [5, 5.41) is 0. The molecule has 0 aromatic carbocycles. The minimum Gasteiger partial charge on any atom is -0.330 e. The van der Waals surface area contributed by atoms with E-state index < -0.39 is 0 Å². The molecular weight excluding hydrogens is 136 g/mol. The summed E-state index contributed by atoms with van der Waals surface area (Å²) in [5.41, 5.74) is 5.64. The van der Waals surface area contributed by atoms with Crippen LogP contribution in [0, 0.1) is 5.92 Å². The monoisotopic (exact) mass is 156 g/mol. The first-order valence-corrected chi connectivity index (χ1v) is 4.66. The van der Waals surface area contributed by atoms with Gasteiger partial charge in [0.2, 0.25) is 0 Å². The second kappa shape index (κ2) is 4.07. The number of nitrogens with two attached hydrogens (primary N) is 1. The highest BCUT2D eigenvalue weighted by Gasteiger charge is 2.22. The summed E-state index contributed by atoms with van der Waals surface area (Å²) in [5.74, 6) is 0.667. The molecule has 2 N–H and O–H groups in total. The van der Waals surface area contributed by atoms with Crippen molar-refractivity contribution in [1.82, 2.24) is 4.90 Å². The SMILES string of the molecule is CC(CN)C1CCCCN1C. The molecule has 0 aliphatic carbocycles. The van der Waals surface area contributed by atoms with Crippen molar-refractivity contribution < 1.29 is 0 Å². The van der Waals surface area contributed by atoms with Gasteiger partial charge in [-0.05, 0) is 38.9 Å². The summed E-state index contributed by atoms with van der Waals surface area (Å²) >= 11 is 0. The third-order valence-corrected chi connectivity index (χ3v) is 2.86. The zero-order valence-corrected chi connectivity index (χ0v) is 7.71. The van der Waals surface area contributed by atoms with Gasteiger partial charge in [0.1, 0.15) is 0 Å². The molecule has 1 aliphatic rings. The molecule has 0 saturated carbocycles. The lowest BCUT2D eigenvalue weighted by Crippen LogP contribution is -2.42.